The molecule has 0 aromatic heterocycles. The maximum atomic E-state index is 12.6. The molecule has 0 spiro atoms. The molecule has 27 heavy (non-hydrogen) atoms. The molecule has 1 aromatic carbocycles. The monoisotopic (exact) mass is 372 g/mol. The van der Waals surface area contributed by atoms with E-state index in [1.165, 1.54) is 5.56 Å². The molecule has 6 nitrogen and oxygen atoms in total. The van der Waals surface area contributed by atoms with Crippen LogP contribution < -0.4 is 5.32 Å². The lowest BCUT2D eigenvalue weighted by Gasteiger charge is -2.43. The highest BCUT2D eigenvalue weighted by atomic mass is 16.5. The van der Waals surface area contributed by atoms with E-state index >= 15 is 0 Å². The fraction of sp³-hybridized carbons (Fsp3) is 0.667. The van der Waals surface area contributed by atoms with E-state index in [2.05, 4.69) is 45.4 Å². The number of benzene rings is 1. The number of nitrogens with zero attached hydrogens (tertiary/aromatic N) is 3. The number of morpholine rings is 1. The van der Waals surface area contributed by atoms with Gasteiger partial charge in [0.2, 0.25) is 0 Å². The van der Waals surface area contributed by atoms with Crippen molar-refractivity contribution >= 4 is 5.91 Å². The minimum Gasteiger partial charge on any atom is -0.366 e. The van der Waals surface area contributed by atoms with Gasteiger partial charge in [0.25, 0.3) is 5.91 Å². The molecule has 4 rings (SSSR count). The molecule has 0 aliphatic carbocycles. The van der Waals surface area contributed by atoms with E-state index < -0.39 is 0 Å². The largest absolute Gasteiger partial charge is 0.366 e. The molecule has 3 saturated heterocycles. The van der Waals surface area contributed by atoms with E-state index in [4.69, 9.17) is 4.74 Å². The van der Waals surface area contributed by atoms with Crippen molar-refractivity contribution in [3.63, 3.8) is 0 Å². The van der Waals surface area contributed by atoms with Gasteiger partial charge in [-0.05, 0) is 18.4 Å². The van der Waals surface area contributed by atoms with Crippen LogP contribution in [0, 0.1) is 0 Å². The minimum atomic E-state index is -0.281. The van der Waals surface area contributed by atoms with Crippen molar-refractivity contribution in [3.8, 4) is 0 Å². The molecule has 3 fully saturated rings. The quantitative estimate of drug-likeness (QED) is 0.847. The third-order valence-electron chi connectivity index (χ3n) is 6.15. The van der Waals surface area contributed by atoms with Crippen LogP contribution in [0.1, 0.15) is 18.4 Å². The van der Waals surface area contributed by atoms with Crippen LogP contribution in [0.5, 0.6) is 0 Å². The number of piperidine rings is 1. The molecule has 3 aliphatic rings. The lowest BCUT2D eigenvalue weighted by molar-refractivity contribution is -0.146. The third kappa shape index (κ3) is 4.88. The van der Waals surface area contributed by atoms with Crippen molar-refractivity contribution in [3.05, 3.63) is 35.9 Å². The highest BCUT2D eigenvalue weighted by molar-refractivity contribution is 5.81. The number of amides is 1. The van der Waals surface area contributed by atoms with Crippen molar-refractivity contribution in [2.75, 3.05) is 59.0 Å². The van der Waals surface area contributed by atoms with Crippen molar-refractivity contribution in [1.29, 1.82) is 0 Å². The molecule has 1 N–H and O–H groups in total. The number of ether oxygens (including phenoxy) is 1. The first-order valence-corrected chi connectivity index (χ1v) is 10.4. The van der Waals surface area contributed by atoms with Crippen LogP contribution in [0.4, 0.5) is 0 Å². The highest BCUT2D eigenvalue weighted by Crippen LogP contribution is 2.20. The second-order valence-electron chi connectivity index (χ2n) is 7.92. The van der Waals surface area contributed by atoms with Gasteiger partial charge in [-0.15, -0.1) is 0 Å². The summed E-state index contributed by atoms with van der Waals surface area (Å²) in [6.45, 7) is 9.48. The van der Waals surface area contributed by atoms with Crippen LogP contribution >= 0.6 is 0 Å². The summed E-state index contributed by atoms with van der Waals surface area (Å²) >= 11 is 0. The van der Waals surface area contributed by atoms with Crippen LogP contribution in [-0.2, 0) is 16.1 Å². The van der Waals surface area contributed by atoms with Gasteiger partial charge in [-0.1, -0.05) is 30.3 Å². The predicted octanol–water partition coefficient (Wildman–Crippen LogP) is 0.784. The van der Waals surface area contributed by atoms with Gasteiger partial charge in [-0.2, -0.15) is 0 Å². The van der Waals surface area contributed by atoms with Gasteiger partial charge < -0.3 is 15.0 Å². The molecule has 3 aliphatic heterocycles. The van der Waals surface area contributed by atoms with E-state index in [1.807, 2.05) is 4.90 Å². The molecular formula is C21H32N4O2. The number of piperazine rings is 1. The van der Waals surface area contributed by atoms with Gasteiger partial charge in [0.05, 0.1) is 6.61 Å². The first kappa shape index (κ1) is 18.9. The summed E-state index contributed by atoms with van der Waals surface area (Å²) in [5.74, 6) is 0.174. The first-order chi connectivity index (χ1) is 13.3. The normalized spacial score (nSPS) is 26.2. The molecule has 6 heteroatoms. The topological polar surface area (TPSA) is 48.1 Å². The molecule has 3 heterocycles. The zero-order valence-electron chi connectivity index (χ0n) is 16.2. The van der Waals surface area contributed by atoms with Crippen molar-refractivity contribution in [1.82, 2.24) is 20.0 Å². The Morgan fingerprint density at radius 2 is 1.78 bits per heavy atom. The van der Waals surface area contributed by atoms with E-state index in [0.29, 0.717) is 19.2 Å². The van der Waals surface area contributed by atoms with Crippen LogP contribution in [0.25, 0.3) is 0 Å². The second-order valence-corrected chi connectivity index (χ2v) is 7.92. The maximum Gasteiger partial charge on any atom is 0.253 e. The lowest BCUT2D eigenvalue weighted by Crippen LogP contribution is -2.55. The first-order valence-electron chi connectivity index (χ1n) is 10.4. The van der Waals surface area contributed by atoms with Crippen LogP contribution in [-0.4, -0.2) is 91.7 Å². The predicted molar refractivity (Wildman–Crippen MR) is 106 cm³/mol. The zero-order valence-corrected chi connectivity index (χ0v) is 16.2. The Kier molecular flexibility index (Phi) is 6.39. The van der Waals surface area contributed by atoms with Crippen molar-refractivity contribution < 1.29 is 9.53 Å². The number of carbonyl (C=O) groups is 1. The number of nitrogens with one attached hydrogen (secondary N) is 1. The number of rotatable bonds is 4. The smallest absolute Gasteiger partial charge is 0.253 e. The standard InChI is InChI=1S/C21H32N4O2/c26-21(20-16-22-8-15-27-20)25-9-6-19(7-10-25)24-13-11-23(12-14-24)17-18-4-2-1-3-5-18/h1-5,19-20,22H,6-17H2/t20-/m0/s1. The average Bonchev–Trinajstić information content (AvgIpc) is 2.75. The Balaban J connectivity index is 1.20. The van der Waals surface area contributed by atoms with Crippen molar-refractivity contribution in [2.45, 2.75) is 31.5 Å². The molecule has 0 radical (unpaired) electrons. The van der Waals surface area contributed by atoms with Gasteiger partial charge in [0.15, 0.2) is 0 Å². The summed E-state index contributed by atoms with van der Waals surface area (Å²) < 4.78 is 5.63. The summed E-state index contributed by atoms with van der Waals surface area (Å²) in [6, 6.07) is 11.4. The van der Waals surface area contributed by atoms with E-state index in [9.17, 15) is 4.79 Å². The molecule has 0 unspecified atom stereocenters. The Morgan fingerprint density at radius 3 is 2.44 bits per heavy atom. The molecule has 1 atom stereocenters. The summed E-state index contributed by atoms with van der Waals surface area (Å²) in [6.07, 6.45) is 1.90. The van der Waals surface area contributed by atoms with E-state index in [1.54, 1.807) is 0 Å². The summed E-state index contributed by atoms with van der Waals surface area (Å²) in [4.78, 5) is 19.8. The van der Waals surface area contributed by atoms with Gasteiger partial charge in [0.1, 0.15) is 6.10 Å². The SMILES string of the molecule is O=C([C@@H]1CNCCO1)N1CCC(N2CCN(Cc3ccccc3)CC2)CC1. The van der Waals surface area contributed by atoms with Crippen LogP contribution in [0.3, 0.4) is 0 Å². The Hall–Kier alpha value is -1.47. The minimum absolute atomic E-state index is 0.174. The second kappa shape index (κ2) is 9.15. The Bertz CT molecular complexity index is 589. The molecule has 148 valence electrons. The van der Waals surface area contributed by atoms with Gasteiger partial charge in [0, 0.05) is 64.9 Å². The molecule has 1 amide bonds. The Morgan fingerprint density at radius 1 is 1.04 bits per heavy atom. The zero-order chi connectivity index (χ0) is 18.5. The Labute approximate surface area is 162 Å². The fourth-order valence-electron chi connectivity index (χ4n) is 4.51. The lowest BCUT2D eigenvalue weighted by atomic mass is 10.0. The molecule has 0 bridgehead atoms. The van der Waals surface area contributed by atoms with Crippen molar-refractivity contribution in [2.24, 2.45) is 0 Å². The van der Waals surface area contributed by atoms with Crippen LogP contribution in [0.2, 0.25) is 0 Å². The van der Waals surface area contributed by atoms with E-state index in [0.717, 1.165) is 65.2 Å². The average molecular weight is 373 g/mol. The van der Waals surface area contributed by atoms with Gasteiger partial charge in [-0.3, -0.25) is 14.6 Å². The fourth-order valence-corrected chi connectivity index (χ4v) is 4.51. The molecular weight excluding hydrogens is 340 g/mol. The number of hydrogen-bond donors (Lipinski definition) is 1. The van der Waals surface area contributed by atoms with Gasteiger partial charge in [-0.25, -0.2) is 0 Å². The maximum absolute atomic E-state index is 12.6. The number of likely N-dealkylation sites (tertiary alicyclic amines) is 1. The molecule has 0 saturated carbocycles. The number of hydrogen-bond acceptors (Lipinski definition) is 5. The molecule has 1 aromatic rings. The van der Waals surface area contributed by atoms with Gasteiger partial charge >= 0.3 is 0 Å². The van der Waals surface area contributed by atoms with E-state index in [-0.39, 0.29) is 12.0 Å². The third-order valence-corrected chi connectivity index (χ3v) is 6.15. The number of carbonyl (C=O) groups excluding carboxylic acids is 1. The van der Waals surface area contributed by atoms with Crippen LogP contribution in [0.15, 0.2) is 30.3 Å². The summed E-state index contributed by atoms with van der Waals surface area (Å²) in [5.41, 5.74) is 1.40. The highest BCUT2D eigenvalue weighted by Gasteiger charge is 2.32. The summed E-state index contributed by atoms with van der Waals surface area (Å²) in [5, 5.41) is 3.25. The summed E-state index contributed by atoms with van der Waals surface area (Å²) in [7, 11) is 0.